The number of hydrogen-bond donors (Lipinski definition) is 1. The van der Waals surface area contributed by atoms with Crippen LogP contribution in [0.3, 0.4) is 0 Å². The zero-order valence-corrected chi connectivity index (χ0v) is 23.2. The Morgan fingerprint density at radius 1 is 1.03 bits per heavy atom. The van der Waals surface area contributed by atoms with Gasteiger partial charge < -0.3 is 14.6 Å². The number of fused-ring (bicyclic) bond motifs is 5. The standard InChI is InChI=1S/C32H46O5/c1-20(10-15-29(34)36-4)25-13-14-26-24-12-11-22-18-23(37-30(35)21-8-6-5-7-9-21)16-17-31(22,2)27(24)19-28(33)32(25,26)3/h5-9,20,22-28,33H,10-19H2,1-4H3/t20-,22-,23-,24+,25-,26+,27+,28-,31+,32-/m1/s1. The summed E-state index contributed by atoms with van der Waals surface area (Å²) in [6, 6.07) is 9.33. The van der Waals surface area contributed by atoms with Crippen molar-refractivity contribution in [3.63, 3.8) is 0 Å². The molecule has 0 aromatic heterocycles. The zero-order valence-electron chi connectivity index (χ0n) is 23.2. The van der Waals surface area contributed by atoms with E-state index < -0.39 is 0 Å². The van der Waals surface area contributed by atoms with Crippen LogP contribution in [-0.4, -0.2) is 36.4 Å². The van der Waals surface area contributed by atoms with Gasteiger partial charge in [0.1, 0.15) is 6.10 Å². The minimum absolute atomic E-state index is 0.00682. The van der Waals surface area contributed by atoms with Crippen molar-refractivity contribution < 1.29 is 24.2 Å². The fourth-order valence-electron chi connectivity index (χ4n) is 9.69. The molecule has 37 heavy (non-hydrogen) atoms. The molecule has 0 bridgehead atoms. The van der Waals surface area contributed by atoms with Crippen molar-refractivity contribution in [2.45, 2.75) is 97.2 Å². The van der Waals surface area contributed by atoms with Gasteiger partial charge in [0, 0.05) is 6.42 Å². The average Bonchev–Trinajstić information content (AvgIpc) is 3.27. The molecule has 0 heterocycles. The van der Waals surface area contributed by atoms with Crippen LogP contribution in [0.4, 0.5) is 0 Å². The monoisotopic (exact) mass is 510 g/mol. The highest BCUT2D eigenvalue weighted by molar-refractivity contribution is 5.89. The van der Waals surface area contributed by atoms with Gasteiger partial charge in [-0.15, -0.1) is 0 Å². The van der Waals surface area contributed by atoms with Crippen LogP contribution in [0.25, 0.3) is 0 Å². The number of hydrogen-bond acceptors (Lipinski definition) is 5. The highest BCUT2D eigenvalue weighted by atomic mass is 16.5. The van der Waals surface area contributed by atoms with Crippen molar-refractivity contribution >= 4 is 11.9 Å². The summed E-state index contributed by atoms with van der Waals surface area (Å²) in [5.41, 5.74) is 0.767. The van der Waals surface area contributed by atoms with Gasteiger partial charge in [-0.1, -0.05) is 39.0 Å². The van der Waals surface area contributed by atoms with E-state index in [9.17, 15) is 14.7 Å². The number of aliphatic hydroxyl groups is 1. The Morgan fingerprint density at radius 2 is 1.78 bits per heavy atom. The second-order valence-electron chi connectivity index (χ2n) is 13.2. The summed E-state index contributed by atoms with van der Waals surface area (Å²) in [6.45, 7) is 7.11. The van der Waals surface area contributed by atoms with Gasteiger partial charge in [0.2, 0.25) is 0 Å². The molecule has 4 saturated carbocycles. The third-order valence-corrected chi connectivity index (χ3v) is 11.8. The van der Waals surface area contributed by atoms with Crippen LogP contribution in [0.1, 0.15) is 95.3 Å². The Kier molecular flexibility index (Phi) is 7.48. The average molecular weight is 511 g/mol. The topological polar surface area (TPSA) is 72.8 Å². The van der Waals surface area contributed by atoms with E-state index in [2.05, 4.69) is 20.8 Å². The van der Waals surface area contributed by atoms with Gasteiger partial charge in [-0.3, -0.25) is 4.79 Å². The number of carbonyl (C=O) groups excluding carboxylic acids is 2. The minimum Gasteiger partial charge on any atom is -0.469 e. The van der Waals surface area contributed by atoms with E-state index >= 15 is 0 Å². The second kappa shape index (κ2) is 10.4. The van der Waals surface area contributed by atoms with Crippen LogP contribution >= 0.6 is 0 Å². The molecule has 0 unspecified atom stereocenters. The molecule has 0 spiro atoms. The van der Waals surface area contributed by atoms with Crippen molar-refractivity contribution in [1.29, 1.82) is 0 Å². The highest BCUT2D eigenvalue weighted by Gasteiger charge is 2.63. The maximum Gasteiger partial charge on any atom is 0.338 e. The van der Waals surface area contributed by atoms with E-state index in [0.717, 1.165) is 38.5 Å². The van der Waals surface area contributed by atoms with Crippen LogP contribution in [0.2, 0.25) is 0 Å². The largest absolute Gasteiger partial charge is 0.469 e. The first-order valence-electron chi connectivity index (χ1n) is 14.7. The van der Waals surface area contributed by atoms with Gasteiger partial charge in [0.25, 0.3) is 0 Å². The summed E-state index contributed by atoms with van der Waals surface area (Å²) in [6.07, 6.45) is 9.59. The highest BCUT2D eigenvalue weighted by Crippen LogP contribution is 2.68. The van der Waals surface area contributed by atoms with Crippen molar-refractivity contribution in [3.05, 3.63) is 35.9 Å². The van der Waals surface area contributed by atoms with Gasteiger partial charge in [-0.2, -0.15) is 0 Å². The van der Waals surface area contributed by atoms with Gasteiger partial charge >= 0.3 is 11.9 Å². The van der Waals surface area contributed by atoms with Crippen LogP contribution in [0.5, 0.6) is 0 Å². The molecule has 4 fully saturated rings. The lowest BCUT2D eigenvalue weighted by molar-refractivity contribution is -0.175. The molecule has 0 aliphatic heterocycles. The Labute approximate surface area is 222 Å². The van der Waals surface area contributed by atoms with Crippen LogP contribution in [0, 0.1) is 46.3 Å². The SMILES string of the molecule is COC(=O)CC[C@@H](C)[C@H]1CC[C@H]2[C@@H]3CC[C@@H]4C[C@H](OC(=O)c5ccccc5)CC[C@]4(C)[C@H]3C[C@@H](O)[C@]12C. The maximum absolute atomic E-state index is 12.7. The van der Waals surface area contributed by atoms with Crippen LogP contribution < -0.4 is 0 Å². The quantitative estimate of drug-likeness (QED) is 0.447. The first-order chi connectivity index (χ1) is 17.7. The molecular formula is C32H46O5. The Morgan fingerprint density at radius 3 is 2.51 bits per heavy atom. The predicted molar refractivity (Wildman–Crippen MR) is 143 cm³/mol. The number of benzene rings is 1. The van der Waals surface area contributed by atoms with Gasteiger partial charge in [0.15, 0.2) is 0 Å². The van der Waals surface area contributed by atoms with E-state index in [0.29, 0.717) is 47.5 Å². The molecule has 5 rings (SSSR count). The Balaban J connectivity index is 1.27. The lowest BCUT2D eigenvalue weighted by Crippen LogP contribution is -2.59. The molecule has 0 radical (unpaired) electrons. The molecule has 4 aliphatic rings. The Hall–Kier alpha value is -1.88. The molecule has 1 aromatic carbocycles. The minimum atomic E-state index is -0.295. The summed E-state index contributed by atoms with van der Waals surface area (Å²) in [5.74, 6) is 2.82. The number of aliphatic hydroxyl groups excluding tert-OH is 1. The maximum atomic E-state index is 12.7. The van der Waals surface area contributed by atoms with Gasteiger partial charge in [-0.05, 0) is 116 Å². The second-order valence-corrected chi connectivity index (χ2v) is 13.2. The predicted octanol–water partition coefficient (Wildman–Crippen LogP) is 6.43. The van der Waals surface area contributed by atoms with Crippen molar-refractivity contribution in [3.8, 4) is 0 Å². The Bertz CT molecular complexity index is 977. The van der Waals surface area contributed by atoms with Gasteiger partial charge in [-0.25, -0.2) is 4.79 Å². The van der Waals surface area contributed by atoms with Crippen LogP contribution in [0.15, 0.2) is 30.3 Å². The molecular weight excluding hydrogens is 464 g/mol. The molecule has 5 heteroatoms. The van der Waals surface area contributed by atoms with Crippen molar-refractivity contribution in [1.82, 2.24) is 0 Å². The van der Waals surface area contributed by atoms with E-state index in [1.54, 1.807) is 0 Å². The molecule has 5 nitrogen and oxygen atoms in total. The van der Waals surface area contributed by atoms with Gasteiger partial charge in [0.05, 0.1) is 18.8 Å². The zero-order chi connectivity index (χ0) is 26.4. The fourth-order valence-corrected chi connectivity index (χ4v) is 9.69. The summed E-state index contributed by atoms with van der Waals surface area (Å²) in [5, 5.41) is 11.8. The molecule has 0 saturated heterocycles. The number of esters is 2. The molecule has 1 N–H and O–H groups in total. The summed E-state index contributed by atoms with van der Waals surface area (Å²) in [4.78, 5) is 24.5. The molecule has 10 atom stereocenters. The molecule has 4 aliphatic carbocycles. The van der Waals surface area contributed by atoms with E-state index in [1.165, 1.54) is 26.4 Å². The van der Waals surface area contributed by atoms with Crippen molar-refractivity contribution in [2.24, 2.45) is 46.3 Å². The van der Waals surface area contributed by atoms with Crippen LogP contribution in [-0.2, 0) is 14.3 Å². The normalized spacial score (nSPS) is 41.6. The third-order valence-electron chi connectivity index (χ3n) is 11.8. The molecule has 204 valence electrons. The summed E-state index contributed by atoms with van der Waals surface area (Å²) in [7, 11) is 1.46. The number of rotatable bonds is 6. The summed E-state index contributed by atoms with van der Waals surface area (Å²) >= 11 is 0. The van der Waals surface area contributed by atoms with E-state index in [-0.39, 0.29) is 35.0 Å². The number of methoxy groups -OCH3 is 1. The first-order valence-corrected chi connectivity index (χ1v) is 14.7. The number of ether oxygens (including phenoxy) is 2. The molecule has 0 amide bonds. The first kappa shape index (κ1) is 26.7. The lowest BCUT2D eigenvalue weighted by Gasteiger charge is -2.62. The fraction of sp³-hybridized carbons (Fsp3) is 0.750. The third kappa shape index (κ3) is 4.64. The smallest absolute Gasteiger partial charge is 0.338 e. The van der Waals surface area contributed by atoms with Crippen molar-refractivity contribution in [2.75, 3.05) is 7.11 Å². The number of carbonyl (C=O) groups is 2. The van der Waals surface area contributed by atoms with E-state index in [1.807, 2.05) is 30.3 Å². The summed E-state index contributed by atoms with van der Waals surface area (Å²) < 4.78 is 10.9. The van der Waals surface area contributed by atoms with E-state index in [4.69, 9.17) is 9.47 Å². The lowest BCUT2D eigenvalue weighted by atomic mass is 9.43. The molecule has 1 aromatic rings.